The predicted octanol–water partition coefficient (Wildman–Crippen LogP) is 3.75. The molecule has 2 aromatic carbocycles. The molecule has 4 nitrogen and oxygen atoms in total. The largest absolute Gasteiger partial charge is 0.399 e. The first-order chi connectivity index (χ1) is 13.1. The Morgan fingerprint density at radius 1 is 1.15 bits per heavy atom. The molecule has 3 rings (SSSR count). The third-order valence-electron chi connectivity index (χ3n) is 5.34. The summed E-state index contributed by atoms with van der Waals surface area (Å²) in [6.45, 7) is 6.33. The maximum atomic E-state index is 12.1. The fraction of sp³-hybridized carbons (Fsp3) is 0.435. The molecule has 144 valence electrons. The summed E-state index contributed by atoms with van der Waals surface area (Å²) in [6, 6.07) is 16.3. The predicted molar refractivity (Wildman–Crippen MR) is 111 cm³/mol. The molecule has 1 heterocycles. The van der Waals surface area contributed by atoms with E-state index in [2.05, 4.69) is 41.4 Å². The lowest BCUT2D eigenvalue weighted by atomic mass is 9.99. The number of aryl methyl sites for hydroxylation is 1. The molecule has 0 aromatic heterocycles. The molecule has 1 saturated heterocycles. The van der Waals surface area contributed by atoms with Crippen molar-refractivity contribution in [1.82, 2.24) is 10.2 Å². The van der Waals surface area contributed by atoms with E-state index in [1.54, 1.807) is 0 Å². The third kappa shape index (κ3) is 6.10. The van der Waals surface area contributed by atoms with Crippen molar-refractivity contribution >= 4 is 11.6 Å². The van der Waals surface area contributed by atoms with Gasteiger partial charge in [-0.3, -0.25) is 9.69 Å². The summed E-state index contributed by atoms with van der Waals surface area (Å²) in [6.07, 6.45) is 3.79. The van der Waals surface area contributed by atoms with Gasteiger partial charge in [0, 0.05) is 31.7 Å². The molecule has 1 aliphatic rings. The number of nitrogen functional groups attached to an aromatic ring is 1. The Morgan fingerprint density at radius 3 is 2.63 bits per heavy atom. The van der Waals surface area contributed by atoms with Gasteiger partial charge in [-0.25, -0.2) is 0 Å². The molecule has 0 aliphatic carbocycles. The number of likely N-dealkylation sites (tertiary alicyclic amines) is 1. The molecule has 27 heavy (non-hydrogen) atoms. The van der Waals surface area contributed by atoms with Gasteiger partial charge in [-0.05, 0) is 54.5 Å². The van der Waals surface area contributed by atoms with Crippen LogP contribution < -0.4 is 11.1 Å². The summed E-state index contributed by atoms with van der Waals surface area (Å²) in [7, 11) is 0. The molecule has 0 bridgehead atoms. The van der Waals surface area contributed by atoms with Gasteiger partial charge in [-0.1, -0.05) is 49.4 Å². The normalized spacial score (nSPS) is 17.6. The zero-order valence-electron chi connectivity index (χ0n) is 16.3. The highest BCUT2D eigenvalue weighted by atomic mass is 16.1. The second kappa shape index (κ2) is 9.56. The van der Waals surface area contributed by atoms with Gasteiger partial charge in [0.25, 0.3) is 0 Å². The van der Waals surface area contributed by atoms with Gasteiger partial charge in [-0.15, -0.1) is 0 Å². The van der Waals surface area contributed by atoms with Crippen molar-refractivity contribution < 1.29 is 4.79 Å². The Bertz CT molecular complexity index is 742. The number of piperidine rings is 1. The van der Waals surface area contributed by atoms with Gasteiger partial charge in [0.05, 0.1) is 0 Å². The van der Waals surface area contributed by atoms with E-state index in [4.69, 9.17) is 5.73 Å². The number of anilines is 1. The summed E-state index contributed by atoms with van der Waals surface area (Å²) in [4.78, 5) is 14.6. The molecule has 1 amide bonds. The van der Waals surface area contributed by atoms with Gasteiger partial charge in [0.15, 0.2) is 0 Å². The third-order valence-corrected chi connectivity index (χ3v) is 5.34. The number of rotatable bonds is 7. The molecule has 1 unspecified atom stereocenters. The molecular formula is C23H31N3O. The minimum absolute atomic E-state index is 0.0598. The quantitative estimate of drug-likeness (QED) is 0.735. The molecule has 0 saturated carbocycles. The lowest BCUT2D eigenvalue weighted by molar-refractivity contribution is -0.121. The number of hydrogen-bond donors (Lipinski definition) is 2. The minimum Gasteiger partial charge on any atom is -0.399 e. The van der Waals surface area contributed by atoms with Crippen LogP contribution in [0.2, 0.25) is 0 Å². The summed E-state index contributed by atoms with van der Waals surface area (Å²) in [5.74, 6) is 0.865. The maximum Gasteiger partial charge on any atom is 0.220 e. The molecule has 1 aliphatic heterocycles. The Hall–Kier alpha value is -2.33. The summed E-state index contributed by atoms with van der Waals surface area (Å²) in [5.41, 5.74) is 10.2. The zero-order chi connectivity index (χ0) is 19.1. The molecule has 1 fully saturated rings. The van der Waals surface area contributed by atoms with Gasteiger partial charge in [0.2, 0.25) is 5.91 Å². The summed E-state index contributed by atoms with van der Waals surface area (Å²) >= 11 is 0. The number of nitrogens with zero attached hydrogens (tertiary/aromatic N) is 1. The fourth-order valence-corrected chi connectivity index (χ4v) is 3.75. The first-order valence-corrected chi connectivity index (χ1v) is 10.0. The molecule has 3 N–H and O–H groups in total. The molecule has 0 spiro atoms. The average molecular weight is 366 g/mol. The Labute approximate surface area is 162 Å². The number of nitrogens with one attached hydrogen (secondary N) is 1. The highest BCUT2D eigenvalue weighted by Crippen LogP contribution is 2.18. The monoisotopic (exact) mass is 365 g/mol. The first kappa shape index (κ1) is 19.4. The number of amides is 1. The van der Waals surface area contributed by atoms with Crippen LogP contribution in [0.5, 0.6) is 0 Å². The van der Waals surface area contributed by atoms with E-state index in [1.165, 1.54) is 31.5 Å². The van der Waals surface area contributed by atoms with Crippen LogP contribution in [-0.4, -0.2) is 23.9 Å². The summed E-state index contributed by atoms with van der Waals surface area (Å²) in [5, 5.41) is 3.01. The van der Waals surface area contributed by atoms with Crippen molar-refractivity contribution in [3.05, 3.63) is 65.2 Å². The maximum absolute atomic E-state index is 12.1. The summed E-state index contributed by atoms with van der Waals surface area (Å²) < 4.78 is 0. The van der Waals surface area contributed by atoms with E-state index >= 15 is 0 Å². The van der Waals surface area contributed by atoms with Crippen LogP contribution in [0.15, 0.2) is 48.5 Å². The molecule has 4 heteroatoms. The van der Waals surface area contributed by atoms with Crippen LogP contribution >= 0.6 is 0 Å². The number of nitrogens with two attached hydrogens (primary N) is 1. The van der Waals surface area contributed by atoms with Crippen LogP contribution in [0.25, 0.3) is 0 Å². The fourth-order valence-electron chi connectivity index (χ4n) is 3.75. The number of hydrogen-bond acceptors (Lipinski definition) is 3. The number of carbonyl (C=O) groups is 1. The van der Waals surface area contributed by atoms with Gasteiger partial charge in [-0.2, -0.15) is 0 Å². The van der Waals surface area contributed by atoms with E-state index in [0.29, 0.717) is 19.4 Å². The zero-order valence-corrected chi connectivity index (χ0v) is 16.3. The standard InChI is InChI=1S/C23H31N3O/c1-18-5-4-14-26(16-18)17-20-10-8-19(9-11-20)15-25-23(27)13-12-21-6-2-3-7-22(21)24/h2-3,6-11,18H,4-5,12-17,24H2,1H3,(H,25,27). The first-order valence-electron chi connectivity index (χ1n) is 10.0. The van der Waals surface area contributed by atoms with Crippen molar-refractivity contribution in [3.63, 3.8) is 0 Å². The van der Waals surface area contributed by atoms with E-state index in [9.17, 15) is 4.79 Å². The molecular weight excluding hydrogens is 334 g/mol. The Balaban J connectivity index is 1.41. The topological polar surface area (TPSA) is 58.4 Å². The Morgan fingerprint density at radius 2 is 1.89 bits per heavy atom. The smallest absolute Gasteiger partial charge is 0.220 e. The van der Waals surface area contributed by atoms with Crippen LogP contribution in [0, 0.1) is 5.92 Å². The Kier molecular flexibility index (Phi) is 6.88. The molecule has 2 aromatic rings. The van der Waals surface area contributed by atoms with Gasteiger partial charge >= 0.3 is 0 Å². The van der Waals surface area contributed by atoms with Crippen molar-refractivity contribution in [2.24, 2.45) is 5.92 Å². The van der Waals surface area contributed by atoms with Gasteiger partial charge < -0.3 is 11.1 Å². The van der Waals surface area contributed by atoms with Crippen molar-refractivity contribution in [1.29, 1.82) is 0 Å². The van der Waals surface area contributed by atoms with Crippen molar-refractivity contribution in [2.45, 2.75) is 45.7 Å². The second-order valence-corrected chi connectivity index (χ2v) is 7.77. The lowest BCUT2D eigenvalue weighted by Gasteiger charge is -2.30. The highest BCUT2D eigenvalue weighted by Gasteiger charge is 2.16. The van der Waals surface area contributed by atoms with E-state index in [0.717, 1.165) is 29.3 Å². The van der Waals surface area contributed by atoms with E-state index < -0.39 is 0 Å². The number of para-hydroxylation sites is 1. The second-order valence-electron chi connectivity index (χ2n) is 7.77. The van der Waals surface area contributed by atoms with Crippen molar-refractivity contribution in [2.75, 3.05) is 18.8 Å². The molecule has 0 radical (unpaired) electrons. The SMILES string of the molecule is CC1CCCN(Cc2ccc(CNC(=O)CCc3ccccc3N)cc2)C1. The van der Waals surface area contributed by atoms with Crippen LogP contribution in [0.1, 0.15) is 42.9 Å². The lowest BCUT2D eigenvalue weighted by Crippen LogP contribution is -2.33. The minimum atomic E-state index is 0.0598. The number of carbonyl (C=O) groups excluding carboxylic acids is 1. The van der Waals surface area contributed by atoms with Crippen LogP contribution in [0.4, 0.5) is 5.69 Å². The number of benzene rings is 2. The van der Waals surface area contributed by atoms with E-state index in [-0.39, 0.29) is 5.91 Å². The average Bonchev–Trinajstić information content (AvgIpc) is 2.67. The van der Waals surface area contributed by atoms with Crippen molar-refractivity contribution in [3.8, 4) is 0 Å². The van der Waals surface area contributed by atoms with Crippen LogP contribution in [-0.2, 0) is 24.3 Å². The van der Waals surface area contributed by atoms with Gasteiger partial charge in [0.1, 0.15) is 0 Å². The highest BCUT2D eigenvalue weighted by molar-refractivity contribution is 5.76. The van der Waals surface area contributed by atoms with Crippen LogP contribution in [0.3, 0.4) is 0 Å². The van der Waals surface area contributed by atoms with E-state index in [1.807, 2.05) is 24.3 Å². The molecule has 1 atom stereocenters.